The molecule has 0 aliphatic carbocycles. The second-order valence-corrected chi connectivity index (χ2v) is 4.63. The first-order valence-corrected chi connectivity index (χ1v) is 6.83. The van der Waals surface area contributed by atoms with E-state index in [1.807, 2.05) is 20.1 Å². The zero-order valence-corrected chi connectivity index (χ0v) is 11.1. The van der Waals surface area contributed by atoms with Crippen LogP contribution in [0.4, 0.5) is 0 Å². The van der Waals surface area contributed by atoms with Crippen molar-refractivity contribution in [3.8, 4) is 0 Å². The Balaban J connectivity index is 3.28. The number of carbonyl (C=O) groups is 2. The van der Waals surface area contributed by atoms with Gasteiger partial charge in [0.2, 0.25) is 5.91 Å². The summed E-state index contributed by atoms with van der Waals surface area (Å²) >= 11 is 1.49. The van der Waals surface area contributed by atoms with Gasteiger partial charge in [-0.1, -0.05) is 13.8 Å². The number of amides is 1. The van der Waals surface area contributed by atoms with E-state index in [2.05, 4.69) is 5.32 Å². The second-order valence-electron chi connectivity index (χ2n) is 3.77. The normalized spacial score (nSPS) is 10.5. The number of rotatable bonds is 9. The number of hydrogen-bond acceptors (Lipinski definition) is 4. The van der Waals surface area contributed by atoms with Gasteiger partial charge in [-0.05, 0) is 6.26 Å². The molecular formula is C11H21NO3S. The molecule has 0 atom stereocenters. The summed E-state index contributed by atoms with van der Waals surface area (Å²) in [6.07, 6.45) is 2.34. The molecule has 0 aliphatic heterocycles. The highest BCUT2D eigenvalue weighted by Gasteiger charge is 2.06. The van der Waals surface area contributed by atoms with Crippen LogP contribution >= 0.6 is 11.8 Å². The SMILES string of the molecule is CSCC(=O)NCCOCCC(=O)C(C)C. The van der Waals surface area contributed by atoms with Crippen LogP contribution < -0.4 is 5.32 Å². The van der Waals surface area contributed by atoms with Gasteiger partial charge in [0.05, 0.1) is 19.0 Å². The van der Waals surface area contributed by atoms with E-state index in [0.29, 0.717) is 31.9 Å². The molecule has 0 saturated heterocycles. The van der Waals surface area contributed by atoms with Crippen LogP contribution in [0.2, 0.25) is 0 Å². The molecule has 94 valence electrons. The Bertz CT molecular complexity index is 219. The number of carbonyl (C=O) groups excluding carboxylic acids is 2. The predicted octanol–water partition coefficient (Wildman–Crippen LogP) is 1.10. The van der Waals surface area contributed by atoms with Gasteiger partial charge in [-0.25, -0.2) is 0 Å². The van der Waals surface area contributed by atoms with Gasteiger partial charge in [0.1, 0.15) is 5.78 Å². The fourth-order valence-corrected chi connectivity index (χ4v) is 1.37. The minimum Gasteiger partial charge on any atom is -0.379 e. The summed E-state index contributed by atoms with van der Waals surface area (Å²) in [4.78, 5) is 22.2. The molecular weight excluding hydrogens is 226 g/mol. The van der Waals surface area contributed by atoms with Crippen molar-refractivity contribution >= 4 is 23.5 Å². The van der Waals surface area contributed by atoms with Gasteiger partial charge >= 0.3 is 0 Å². The zero-order chi connectivity index (χ0) is 12.4. The fraction of sp³-hybridized carbons (Fsp3) is 0.818. The molecule has 0 rings (SSSR count). The maximum atomic E-state index is 11.2. The van der Waals surface area contributed by atoms with Crippen LogP contribution in [0.25, 0.3) is 0 Å². The smallest absolute Gasteiger partial charge is 0.230 e. The van der Waals surface area contributed by atoms with E-state index in [1.165, 1.54) is 11.8 Å². The van der Waals surface area contributed by atoms with Gasteiger partial charge in [0.15, 0.2) is 0 Å². The molecule has 16 heavy (non-hydrogen) atoms. The lowest BCUT2D eigenvalue weighted by Crippen LogP contribution is -2.28. The van der Waals surface area contributed by atoms with Crippen molar-refractivity contribution in [1.29, 1.82) is 0 Å². The number of ketones is 1. The molecule has 4 nitrogen and oxygen atoms in total. The summed E-state index contributed by atoms with van der Waals surface area (Å²) in [5.41, 5.74) is 0. The summed E-state index contributed by atoms with van der Waals surface area (Å²) < 4.78 is 5.24. The first-order chi connectivity index (χ1) is 7.57. The molecule has 0 unspecified atom stereocenters. The summed E-state index contributed by atoms with van der Waals surface area (Å²) in [6.45, 7) is 5.17. The number of ether oxygens (including phenoxy) is 1. The standard InChI is InChI=1S/C11H21NO3S/c1-9(2)10(13)4-6-15-7-5-12-11(14)8-16-3/h9H,4-8H2,1-3H3,(H,12,14). The van der Waals surface area contributed by atoms with Gasteiger partial charge in [-0.3, -0.25) is 9.59 Å². The molecule has 0 heterocycles. The Kier molecular flexibility index (Phi) is 9.33. The molecule has 0 aromatic rings. The van der Waals surface area contributed by atoms with E-state index in [1.54, 1.807) is 0 Å². The summed E-state index contributed by atoms with van der Waals surface area (Å²) in [6, 6.07) is 0. The Hall–Kier alpha value is -0.550. The number of hydrogen-bond donors (Lipinski definition) is 1. The molecule has 0 saturated carbocycles. The minimum atomic E-state index is 0.0226. The van der Waals surface area contributed by atoms with E-state index in [9.17, 15) is 9.59 Å². The first-order valence-electron chi connectivity index (χ1n) is 5.44. The Morgan fingerprint density at radius 3 is 2.56 bits per heavy atom. The summed E-state index contributed by atoms with van der Waals surface area (Å²) in [5, 5.41) is 2.72. The largest absolute Gasteiger partial charge is 0.379 e. The van der Waals surface area contributed by atoms with E-state index in [-0.39, 0.29) is 17.6 Å². The van der Waals surface area contributed by atoms with Crippen molar-refractivity contribution in [2.24, 2.45) is 5.92 Å². The predicted molar refractivity (Wildman–Crippen MR) is 66.7 cm³/mol. The monoisotopic (exact) mass is 247 g/mol. The molecule has 0 aromatic carbocycles. The second kappa shape index (κ2) is 9.66. The maximum Gasteiger partial charge on any atom is 0.230 e. The average Bonchev–Trinajstić information content (AvgIpc) is 2.23. The molecule has 0 spiro atoms. The lowest BCUT2D eigenvalue weighted by Gasteiger charge is -2.06. The quantitative estimate of drug-likeness (QED) is 0.620. The lowest BCUT2D eigenvalue weighted by atomic mass is 10.1. The third-order valence-electron chi connectivity index (χ3n) is 1.98. The first kappa shape index (κ1) is 15.4. The molecule has 5 heteroatoms. The molecule has 0 radical (unpaired) electrons. The third-order valence-corrected chi connectivity index (χ3v) is 2.53. The van der Waals surface area contributed by atoms with Gasteiger partial charge in [-0.15, -0.1) is 0 Å². The molecule has 0 fully saturated rings. The number of Topliss-reactive ketones (excluding diaryl/α,β-unsaturated/α-hetero) is 1. The van der Waals surface area contributed by atoms with Crippen LogP contribution in [-0.4, -0.2) is 43.5 Å². The van der Waals surface area contributed by atoms with Crippen LogP contribution in [0.5, 0.6) is 0 Å². The highest BCUT2D eigenvalue weighted by Crippen LogP contribution is 1.98. The highest BCUT2D eigenvalue weighted by atomic mass is 32.2. The molecule has 0 bridgehead atoms. The third kappa shape index (κ3) is 8.73. The van der Waals surface area contributed by atoms with Crippen LogP contribution in [0.15, 0.2) is 0 Å². The number of thioether (sulfide) groups is 1. The number of nitrogens with one attached hydrogen (secondary N) is 1. The van der Waals surface area contributed by atoms with E-state index >= 15 is 0 Å². The zero-order valence-electron chi connectivity index (χ0n) is 10.2. The Morgan fingerprint density at radius 2 is 2.00 bits per heavy atom. The van der Waals surface area contributed by atoms with Crippen LogP contribution in [-0.2, 0) is 14.3 Å². The summed E-state index contributed by atoms with van der Waals surface area (Å²) in [7, 11) is 0. The van der Waals surface area contributed by atoms with E-state index in [4.69, 9.17) is 4.74 Å². The van der Waals surface area contributed by atoms with Crippen molar-refractivity contribution in [3.63, 3.8) is 0 Å². The lowest BCUT2D eigenvalue weighted by molar-refractivity contribution is -0.123. The average molecular weight is 247 g/mol. The molecule has 0 aromatic heterocycles. The van der Waals surface area contributed by atoms with Crippen LogP contribution in [0.3, 0.4) is 0 Å². The van der Waals surface area contributed by atoms with Crippen LogP contribution in [0.1, 0.15) is 20.3 Å². The van der Waals surface area contributed by atoms with Gasteiger partial charge in [0, 0.05) is 18.9 Å². The van der Waals surface area contributed by atoms with Crippen molar-refractivity contribution in [2.45, 2.75) is 20.3 Å². The summed E-state index contributed by atoms with van der Waals surface area (Å²) in [5.74, 6) is 0.789. The highest BCUT2D eigenvalue weighted by molar-refractivity contribution is 7.99. The van der Waals surface area contributed by atoms with Crippen molar-refractivity contribution in [3.05, 3.63) is 0 Å². The van der Waals surface area contributed by atoms with Gasteiger partial charge < -0.3 is 10.1 Å². The van der Waals surface area contributed by atoms with E-state index < -0.39 is 0 Å². The molecule has 1 N–H and O–H groups in total. The Labute approximate surface area is 101 Å². The van der Waals surface area contributed by atoms with E-state index in [0.717, 1.165) is 0 Å². The fourth-order valence-electron chi connectivity index (χ4n) is 1.01. The van der Waals surface area contributed by atoms with Gasteiger partial charge in [0.25, 0.3) is 0 Å². The topological polar surface area (TPSA) is 55.4 Å². The minimum absolute atomic E-state index is 0.0226. The molecule has 0 aliphatic rings. The molecule has 1 amide bonds. The Morgan fingerprint density at radius 1 is 1.31 bits per heavy atom. The van der Waals surface area contributed by atoms with Crippen molar-refractivity contribution in [1.82, 2.24) is 5.32 Å². The van der Waals surface area contributed by atoms with Crippen LogP contribution in [0, 0.1) is 5.92 Å². The van der Waals surface area contributed by atoms with Gasteiger partial charge in [-0.2, -0.15) is 11.8 Å². The van der Waals surface area contributed by atoms with Crippen molar-refractivity contribution in [2.75, 3.05) is 31.8 Å². The van der Waals surface area contributed by atoms with Crippen molar-refractivity contribution < 1.29 is 14.3 Å². The maximum absolute atomic E-state index is 11.2.